The molecule has 0 saturated carbocycles. The summed E-state index contributed by atoms with van der Waals surface area (Å²) in [7, 11) is 2.04. The predicted octanol–water partition coefficient (Wildman–Crippen LogP) is 5.54. The fourth-order valence-corrected chi connectivity index (χ4v) is 2.75. The predicted molar refractivity (Wildman–Crippen MR) is 121 cm³/mol. The van der Waals surface area contributed by atoms with E-state index in [2.05, 4.69) is 42.3 Å². The average molecular weight is 388 g/mol. The number of aliphatic hydroxyl groups is 2. The third kappa shape index (κ3) is 7.44. The molecule has 0 amide bonds. The van der Waals surface area contributed by atoms with Gasteiger partial charge in [-0.15, -0.1) is 0 Å². The van der Waals surface area contributed by atoms with E-state index in [9.17, 15) is 10.2 Å². The highest BCUT2D eigenvalue weighted by molar-refractivity contribution is 5.33. The number of allylic oxidation sites excluding steroid dienone is 5. The van der Waals surface area contributed by atoms with E-state index in [0.29, 0.717) is 12.8 Å². The first-order chi connectivity index (χ1) is 12.8. The summed E-state index contributed by atoms with van der Waals surface area (Å²) in [6.07, 6.45) is 16.5. The maximum Gasteiger partial charge on any atom is 0.0867 e. The summed E-state index contributed by atoms with van der Waals surface area (Å²) < 4.78 is 0. The molecule has 0 bridgehead atoms. The molecule has 0 saturated heterocycles. The fraction of sp³-hybridized carbons (Fsp3) is 0.600. The van der Waals surface area contributed by atoms with Gasteiger partial charge < -0.3 is 15.1 Å². The van der Waals surface area contributed by atoms with Crippen molar-refractivity contribution in [3.8, 4) is 0 Å². The second kappa shape index (κ2) is 9.76. The normalized spacial score (nSPS) is 20.9. The highest BCUT2D eigenvalue weighted by Gasteiger charge is 2.36. The van der Waals surface area contributed by atoms with E-state index in [1.807, 2.05) is 60.7 Å². The summed E-state index contributed by atoms with van der Waals surface area (Å²) in [6.45, 7) is 14.7. The topological polar surface area (TPSA) is 43.7 Å². The minimum Gasteiger partial charge on any atom is -0.386 e. The van der Waals surface area contributed by atoms with Gasteiger partial charge in [0, 0.05) is 13.6 Å². The summed E-state index contributed by atoms with van der Waals surface area (Å²) in [5.41, 5.74) is 0.970. The van der Waals surface area contributed by atoms with E-state index >= 15 is 0 Å². The van der Waals surface area contributed by atoms with Crippen LogP contribution in [-0.4, -0.2) is 39.9 Å². The molecule has 0 aromatic heterocycles. The fourth-order valence-electron chi connectivity index (χ4n) is 2.75. The minimum atomic E-state index is -1.02. The molecule has 3 heteroatoms. The zero-order valence-electron chi connectivity index (χ0n) is 19.2. The van der Waals surface area contributed by atoms with Crippen LogP contribution in [0.1, 0.15) is 67.7 Å². The summed E-state index contributed by atoms with van der Waals surface area (Å²) in [4.78, 5) is 2.11. The van der Waals surface area contributed by atoms with Crippen LogP contribution in [0.4, 0.5) is 0 Å². The van der Waals surface area contributed by atoms with Gasteiger partial charge in [0.25, 0.3) is 0 Å². The van der Waals surface area contributed by atoms with Crippen molar-refractivity contribution in [1.29, 1.82) is 0 Å². The molecule has 2 atom stereocenters. The lowest BCUT2D eigenvalue weighted by Crippen LogP contribution is -2.40. The monoisotopic (exact) mass is 387 g/mol. The molecule has 0 aromatic carbocycles. The van der Waals surface area contributed by atoms with Crippen LogP contribution in [0.25, 0.3) is 0 Å². The maximum absolute atomic E-state index is 11.3. The number of nitrogens with zero attached hydrogens (tertiary/aromatic N) is 1. The van der Waals surface area contributed by atoms with E-state index < -0.39 is 11.2 Å². The molecule has 1 aliphatic rings. The van der Waals surface area contributed by atoms with Crippen LogP contribution in [0, 0.1) is 5.41 Å². The molecule has 28 heavy (non-hydrogen) atoms. The van der Waals surface area contributed by atoms with Crippen LogP contribution in [0.2, 0.25) is 0 Å². The Morgan fingerprint density at radius 3 is 2.29 bits per heavy atom. The SMILES string of the molecule is C/C=C(\C)C/C=C\CC(C)(O)/C(=C\C(C)(O)C(C)(C)C)CC1=CCN(C)C=C1. The van der Waals surface area contributed by atoms with Gasteiger partial charge in [-0.25, -0.2) is 0 Å². The number of rotatable bonds is 8. The van der Waals surface area contributed by atoms with Crippen molar-refractivity contribution in [2.75, 3.05) is 13.6 Å². The summed E-state index contributed by atoms with van der Waals surface area (Å²) in [5.74, 6) is 0. The number of hydrogen-bond acceptors (Lipinski definition) is 3. The lowest BCUT2D eigenvalue weighted by molar-refractivity contribution is -0.000577. The smallest absolute Gasteiger partial charge is 0.0867 e. The van der Waals surface area contributed by atoms with Gasteiger partial charge in [0.15, 0.2) is 0 Å². The summed E-state index contributed by atoms with van der Waals surface area (Å²) in [5, 5.41) is 22.4. The van der Waals surface area contributed by atoms with Crippen molar-refractivity contribution in [3.63, 3.8) is 0 Å². The van der Waals surface area contributed by atoms with Crippen molar-refractivity contribution >= 4 is 0 Å². The Kier molecular flexibility index (Phi) is 8.52. The Morgan fingerprint density at radius 2 is 1.79 bits per heavy atom. The molecule has 0 fully saturated rings. The summed E-state index contributed by atoms with van der Waals surface area (Å²) >= 11 is 0. The molecule has 1 rings (SSSR count). The van der Waals surface area contributed by atoms with Crippen LogP contribution < -0.4 is 0 Å². The van der Waals surface area contributed by atoms with Gasteiger partial charge in [-0.2, -0.15) is 0 Å². The largest absolute Gasteiger partial charge is 0.386 e. The molecule has 0 aromatic rings. The van der Waals surface area contributed by atoms with E-state index in [1.54, 1.807) is 0 Å². The molecule has 0 radical (unpaired) electrons. The molecule has 2 unspecified atom stereocenters. The van der Waals surface area contributed by atoms with Gasteiger partial charge in [-0.05, 0) is 75.8 Å². The molecule has 0 aliphatic carbocycles. The van der Waals surface area contributed by atoms with Crippen LogP contribution in [0.5, 0.6) is 0 Å². The Balaban J connectivity index is 3.13. The zero-order valence-corrected chi connectivity index (χ0v) is 19.2. The van der Waals surface area contributed by atoms with Gasteiger partial charge in [-0.1, -0.05) is 56.7 Å². The van der Waals surface area contributed by atoms with Gasteiger partial charge in [-0.3, -0.25) is 0 Å². The second-order valence-electron chi connectivity index (χ2n) is 9.57. The Morgan fingerprint density at radius 1 is 1.14 bits per heavy atom. The van der Waals surface area contributed by atoms with Gasteiger partial charge in [0.1, 0.15) is 0 Å². The first-order valence-electron chi connectivity index (χ1n) is 10.3. The van der Waals surface area contributed by atoms with E-state index in [4.69, 9.17) is 0 Å². The van der Waals surface area contributed by atoms with Crippen LogP contribution >= 0.6 is 0 Å². The van der Waals surface area contributed by atoms with E-state index in [0.717, 1.165) is 18.5 Å². The van der Waals surface area contributed by atoms with Crippen LogP contribution in [0.15, 0.2) is 59.4 Å². The molecule has 2 N–H and O–H groups in total. The summed E-state index contributed by atoms with van der Waals surface area (Å²) in [6, 6.07) is 0. The van der Waals surface area contributed by atoms with Gasteiger partial charge >= 0.3 is 0 Å². The lowest BCUT2D eigenvalue weighted by atomic mass is 9.74. The van der Waals surface area contributed by atoms with Gasteiger partial charge in [0.05, 0.1) is 11.2 Å². The molecule has 1 heterocycles. The quantitative estimate of drug-likeness (QED) is 0.538. The first-order valence-corrected chi connectivity index (χ1v) is 10.3. The Hall–Kier alpha value is -1.58. The number of hydrogen-bond donors (Lipinski definition) is 2. The molecular formula is C25H41NO2. The second-order valence-corrected chi connectivity index (χ2v) is 9.57. The van der Waals surface area contributed by atoms with Crippen molar-refractivity contribution in [2.24, 2.45) is 5.41 Å². The van der Waals surface area contributed by atoms with Crippen molar-refractivity contribution < 1.29 is 10.2 Å². The molecule has 158 valence electrons. The highest BCUT2D eigenvalue weighted by Crippen LogP contribution is 2.37. The maximum atomic E-state index is 11.3. The molecular weight excluding hydrogens is 346 g/mol. The third-order valence-corrected chi connectivity index (χ3v) is 5.86. The Bertz CT molecular complexity index is 667. The van der Waals surface area contributed by atoms with E-state index in [-0.39, 0.29) is 5.41 Å². The number of likely N-dealkylation sites (N-methyl/N-ethyl adjacent to an activating group) is 1. The first kappa shape index (κ1) is 24.5. The third-order valence-electron chi connectivity index (χ3n) is 5.86. The minimum absolute atomic E-state index is 0.329. The van der Waals surface area contributed by atoms with Gasteiger partial charge in [0.2, 0.25) is 0 Å². The zero-order chi connectivity index (χ0) is 21.6. The lowest BCUT2D eigenvalue weighted by Gasteiger charge is -2.37. The van der Waals surface area contributed by atoms with E-state index in [1.165, 1.54) is 11.1 Å². The van der Waals surface area contributed by atoms with Crippen molar-refractivity contribution in [2.45, 2.75) is 78.9 Å². The highest BCUT2D eigenvalue weighted by atomic mass is 16.3. The Labute approximate surface area is 172 Å². The van der Waals surface area contributed by atoms with Crippen molar-refractivity contribution in [3.05, 3.63) is 59.4 Å². The van der Waals surface area contributed by atoms with Crippen LogP contribution in [0.3, 0.4) is 0 Å². The standard InChI is InChI=1S/C25H41NO2/c1-9-20(2)12-10-11-15-24(6,27)22(19-25(7,28)23(3,4)5)18-21-13-16-26(8)17-14-21/h9-11,13-14,16,19,27-28H,12,15,17-18H2,1-8H3/b11-10-,20-9+,22-19-. The molecule has 1 aliphatic heterocycles. The average Bonchev–Trinajstić information content (AvgIpc) is 2.58. The van der Waals surface area contributed by atoms with Crippen LogP contribution in [-0.2, 0) is 0 Å². The molecule has 0 spiro atoms. The molecule has 3 nitrogen and oxygen atoms in total. The van der Waals surface area contributed by atoms with Crippen molar-refractivity contribution in [1.82, 2.24) is 4.90 Å².